The van der Waals surface area contributed by atoms with Gasteiger partial charge in [0, 0.05) is 6.04 Å². The first-order valence-electron chi connectivity index (χ1n) is 7.69. The molecule has 0 spiro atoms. The SMILES string of the molecule is CC(C)CNC1CC(=O)N(C2CCCCCC2)C1=O. The highest BCUT2D eigenvalue weighted by molar-refractivity contribution is 6.05. The quantitative estimate of drug-likeness (QED) is 0.626. The Hall–Kier alpha value is -0.900. The average molecular weight is 266 g/mol. The van der Waals surface area contributed by atoms with Crippen LogP contribution in [0.1, 0.15) is 58.8 Å². The first kappa shape index (κ1) is 14.5. The maximum Gasteiger partial charge on any atom is 0.247 e. The van der Waals surface area contributed by atoms with Gasteiger partial charge in [-0.2, -0.15) is 0 Å². The zero-order chi connectivity index (χ0) is 13.8. The number of nitrogens with zero attached hydrogens (tertiary/aromatic N) is 1. The average Bonchev–Trinajstić information content (AvgIpc) is 2.58. The molecule has 2 rings (SSSR count). The van der Waals surface area contributed by atoms with E-state index in [2.05, 4.69) is 19.2 Å². The Morgan fingerprint density at radius 1 is 1.16 bits per heavy atom. The fraction of sp³-hybridized carbons (Fsp3) is 0.867. The van der Waals surface area contributed by atoms with Crippen LogP contribution in [0.5, 0.6) is 0 Å². The van der Waals surface area contributed by atoms with Gasteiger partial charge in [-0.1, -0.05) is 39.5 Å². The van der Waals surface area contributed by atoms with Crippen LogP contribution in [0.15, 0.2) is 0 Å². The van der Waals surface area contributed by atoms with Gasteiger partial charge in [-0.3, -0.25) is 14.5 Å². The van der Waals surface area contributed by atoms with Gasteiger partial charge in [-0.25, -0.2) is 0 Å². The predicted molar refractivity (Wildman–Crippen MR) is 74.6 cm³/mol. The Bertz CT molecular complexity index is 333. The molecule has 2 fully saturated rings. The third kappa shape index (κ3) is 3.56. The van der Waals surface area contributed by atoms with E-state index < -0.39 is 0 Å². The van der Waals surface area contributed by atoms with E-state index in [-0.39, 0.29) is 23.9 Å². The van der Waals surface area contributed by atoms with Crippen LogP contribution in [0.4, 0.5) is 0 Å². The van der Waals surface area contributed by atoms with E-state index >= 15 is 0 Å². The minimum Gasteiger partial charge on any atom is -0.305 e. The minimum absolute atomic E-state index is 0.0116. The van der Waals surface area contributed by atoms with Gasteiger partial charge in [0.2, 0.25) is 11.8 Å². The Labute approximate surface area is 115 Å². The van der Waals surface area contributed by atoms with Gasteiger partial charge < -0.3 is 5.32 Å². The van der Waals surface area contributed by atoms with Gasteiger partial charge in [0.05, 0.1) is 12.5 Å². The van der Waals surface area contributed by atoms with Gasteiger partial charge in [-0.15, -0.1) is 0 Å². The van der Waals surface area contributed by atoms with Crippen LogP contribution >= 0.6 is 0 Å². The second-order valence-corrected chi connectivity index (χ2v) is 6.31. The zero-order valence-corrected chi connectivity index (χ0v) is 12.2. The molecule has 19 heavy (non-hydrogen) atoms. The number of nitrogens with one attached hydrogen (secondary N) is 1. The molecule has 1 aliphatic carbocycles. The number of likely N-dealkylation sites (tertiary alicyclic amines) is 1. The molecule has 0 aromatic heterocycles. The molecule has 1 heterocycles. The van der Waals surface area contributed by atoms with Gasteiger partial charge in [-0.05, 0) is 25.3 Å². The van der Waals surface area contributed by atoms with Gasteiger partial charge in [0.15, 0.2) is 0 Å². The van der Waals surface area contributed by atoms with Crippen molar-refractivity contribution >= 4 is 11.8 Å². The molecule has 0 radical (unpaired) electrons. The summed E-state index contributed by atoms with van der Waals surface area (Å²) in [5.41, 5.74) is 0. The zero-order valence-electron chi connectivity index (χ0n) is 12.2. The largest absolute Gasteiger partial charge is 0.305 e. The van der Waals surface area contributed by atoms with E-state index in [1.165, 1.54) is 12.8 Å². The van der Waals surface area contributed by atoms with E-state index in [0.717, 1.165) is 32.2 Å². The number of amides is 2. The smallest absolute Gasteiger partial charge is 0.247 e. The van der Waals surface area contributed by atoms with Crippen LogP contribution in [-0.2, 0) is 9.59 Å². The summed E-state index contributed by atoms with van der Waals surface area (Å²) in [6.07, 6.45) is 7.10. The number of hydrogen-bond acceptors (Lipinski definition) is 3. The molecule has 4 heteroatoms. The molecule has 0 bridgehead atoms. The number of hydrogen-bond donors (Lipinski definition) is 1. The van der Waals surface area contributed by atoms with Crippen molar-refractivity contribution in [3.63, 3.8) is 0 Å². The molecular formula is C15H26N2O2. The van der Waals surface area contributed by atoms with E-state index in [0.29, 0.717) is 12.3 Å². The molecule has 2 amide bonds. The van der Waals surface area contributed by atoms with Crippen LogP contribution in [0.2, 0.25) is 0 Å². The number of imide groups is 1. The highest BCUT2D eigenvalue weighted by Crippen LogP contribution is 2.26. The van der Waals surface area contributed by atoms with Gasteiger partial charge >= 0.3 is 0 Å². The van der Waals surface area contributed by atoms with Crippen molar-refractivity contribution in [1.29, 1.82) is 0 Å². The Morgan fingerprint density at radius 2 is 1.79 bits per heavy atom. The Morgan fingerprint density at radius 3 is 2.37 bits per heavy atom. The number of carbonyl (C=O) groups excluding carboxylic acids is 2. The lowest BCUT2D eigenvalue weighted by Crippen LogP contribution is -2.44. The molecule has 2 aliphatic rings. The fourth-order valence-electron chi connectivity index (χ4n) is 3.09. The summed E-state index contributed by atoms with van der Waals surface area (Å²) in [4.78, 5) is 26.1. The second-order valence-electron chi connectivity index (χ2n) is 6.31. The third-order valence-corrected chi connectivity index (χ3v) is 4.15. The normalized spacial score (nSPS) is 26.3. The summed E-state index contributed by atoms with van der Waals surface area (Å²) in [6.45, 7) is 5.01. The maximum absolute atomic E-state index is 12.4. The van der Waals surface area contributed by atoms with Crippen molar-refractivity contribution < 1.29 is 9.59 Å². The molecular weight excluding hydrogens is 240 g/mol. The third-order valence-electron chi connectivity index (χ3n) is 4.15. The molecule has 1 saturated carbocycles. The lowest BCUT2D eigenvalue weighted by atomic mass is 10.1. The number of rotatable bonds is 4. The van der Waals surface area contributed by atoms with Crippen molar-refractivity contribution in [1.82, 2.24) is 10.2 Å². The molecule has 0 aromatic rings. The number of carbonyl (C=O) groups is 2. The summed E-state index contributed by atoms with van der Waals surface area (Å²) in [7, 11) is 0. The minimum atomic E-state index is -0.279. The van der Waals surface area contributed by atoms with E-state index in [1.54, 1.807) is 4.90 Å². The monoisotopic (exact) mass is 266 g/mol. The lowest BCUT2D eigenvalue weighted by molar-refractivity contribution is -0.141. The maximum atomic E-state index is 12.4. The lowest BCUT2D eigenvalue weighted by Gasteiger charge is -2.25. The van der Waals surface area contributed by atoms with Crippen molar-refractivity contribution in [2.24, 2.45) is 5.92 Å². The predicted octanol–water partition coefficient (Wildman–Crippen LogP) is 2.08. The molecule has 1 saturated heterocycles. The van der Waals surface area contributed by atoms with E-state index in [1.807, 2.05) is 0 Å². The summed E-state index contributed by atoms with van der Waals surface area (Å²) < 4.78 is 0. The topological polar surface area (TPSA) is 49.4 Å². The van der Waals surface area contributed by atoms with E-state index in [4.69, 9.17) is 0 Å². The molecule has 108 valence electrons. The molecule has 1 atom stereocenters. The first-order valence-corrected chi connectivity index (χ1v) is 7.69. The van der Waals surface area contributed by atoms with Crippen molar-refractivity contribution in [3.05, 3.63) is 0 Å². The Balaban J connectivity index is 1.97. The van der Waals surface area contributed by atoms with Crippen molar-refractivity contribution in [3.8, 4) is 0 Å². The molecule has 1 unspecified atom stereocenters. The van der Waals surface area contributed by atoms with Crippen LogP contribution in [0, 0.1) is 5.92 Å². The summed E-state index contributed by atoms with van der Waals surface area (Å²) in [5, 5.41) is 3.23. The highest BCUT2D eigenvalue weighted by atomic mass is 16.2. The molecule has 1 N–H and O–H groups in total. The van der Waals surface area contributed by atoms with E-state index in [9.17, 15) is 9.59 Å². The van der Waals surface area contributed by atoms with Crippen LogP contribution in [0.25, 0.3) is 0 Å². The van der Waals surface area contributed by atoms with Crippen LogP contribution in [-0.4, -0.2) is 35.3 Å². The van der Waals surface area contributed by atoms with Gasteiger partial charge in [0.25, 0.3) is 0 Å². The Kier molecular flexibility index (Phi) is 4.97. The van der Waals surface area contributed by atoms with Crippen molar-refractivity contribution in [2.45, 2.75) is 70.9 Å². The molecule has 0 aromatic carbocycles. The molecule has 4 nitrogen and oxygen atoms in total. The van der Waals surface area contributed by atoms with Gasteiger partial charge in [0.1, 0.15) is 0 Å². The molecule has 1 aliphatic heterocycles. The standard InChI is InChI=1S/C15H26N2O2/c1-11(2)10-16-13-9-14(18)17(15(13)19)12-7-5-3-4-6-8-12/h11-13,16H,3-10H2,1-2H3. The van der Waals surface area contributed by atoms with Crippen LogP contribution < -0.4 is 5.32 Å². The highest BCUT2D eigenvalue weighted by Gasteiger charge is 2.41. The summed E-state index contributed by atoms with van der Waals surface area (Å²) in [5.74, 6) is 0.533. The summed E-state index contributed by atoms with van der Waals surface area (Å²) in [6, 6.07) is -0.119. The first-order chi connectivity index (χ1) is 9.09. The summed E-state index contributed by atoms with van der Waals surface area (Å²) >= 11 is 0. The second kappa shape index (κ2) is 6.51. The van der Waals surface area contributed by atoms with Crippen LogP contribution in [0.3, 0.4) is 0 Å². The fourth-order valence-corrected chi connectivity index (χ4v) is 3.09. The van der Waals surface area contributed by atoms with Crippen molar-refractivity contribution in [2.75, 3.05) is 6.54 Å².